The van der Waals surface area contributed by atoms with Gasteiger partial charge in [-0.05, 0) is 43.2 Å². The van der Waals surface area contributed by atoms with E-state index in [0.717, 1.165) is 31.9 Å². The zero-order valence-electron chi connectivity index (χ0n) is 13.2. The van der Waals surface area contributed by atoms with Gasteiger partial charge >= 0.3 is 0 Å². The molecule has 0 atom stereocenters. The number of aromatic nitrogens is 2. The van der Waals surface area contributed by atoms with Gasteiger partial charge in [-0.3, -0.25) is 14.4 Å². The lowest BCUT2D eigenvalue weighted by atomic mass is 10.1. The van der Waals surface area contributed by atoms with Crippen molar-refractivity contribution in [1.29, 1.82) is 0 Å². The van der Waals surface area contributed by atoms with Crippen LogP contribution >= 0.6 is 0 Å². The van der Waals surface area contributed by atoms with E-state index in [1.807, 2.05) is 21.8 Å². The molecule has 1 saturated heterocycles. The summed E-state index contributed by atoms with van der Waals surface area (Å²) in [5.74, 6) is 0.178. The monoisotopic (exact) mass is 298 g/mol. The largest absolute Gasteiger partial charge is 0.310 e. The number of hydrogen-bond acceptors (Lipinski definition) is 3. The summed E-state index contributed by atoms with van der Waals surface area (Å²) in [4.78, 5) is 16.6. The van der Waals surface area contributed by atoms with Crippen LogP contribution in [0.1, 0.15) is 11.1 Å². The number of aryl methyl sites for hydroxylation is 2. The maximum absolute atomic E-state index is 12.5. The molecule has 0 aliphatic carbocycles. The van der Waals surface area contributed by atoms with Crippen LogP contribution in [0.5, 0.6) is 0 Å². The lowest BCUT2D eigenvalue weighted by Gasteiger charge is -2.34. The standard InChI is InChI=1S/C17H22N4O/c1-14-10-15(2)12-16(11-14)21-9-7-19(13-17(21)22)6-8-20-5-3-4-18-20/h3-5,10-12H,6-9,13H2,1-2H3. The summed E-state index contributed by atoms with van der Waals surface area (Å²) >= 11 is 0. The smallest absolute Gasteiger partial charge is 0.241 e. The number of amides is 1. The third-order valence-electron chi connectivity index (χ3n) is 4.02. The van der Waals surface area contributed by atoms with Crippen LogP contribution in [0.2, 0.25) is 0 Å². The average Bonchev–Trinajstić information content (AvgIpc) is 2.97. The Balaban J connectivity index is 1.61. The Morgan fingerprint density at radius 3 is 2.50 bits per heavy atom. The van der Waals surface area contributed by atoms with E-state index < -0.39 is 0 Å². The normalized spacial score (nSPS) is 16.3. The van der Waals surface area contributed by atoms with Crippen molar-refractivity contribution >= 4 is 11.6 Å². The number of piperazine rings is 1. The second-order valence-corrected chi connectivity index (χ2v) is 5.94. The summed E-state index contributed by atoms with van der Waals surface area (Å²) in [6.45, 7) is 7.95. The molecule has 3 rings (SSSR count). The van der Waals surface area contributed by atoms with Gasteiger partial charge in [0, 0.05) is 37.7 Å². The summed E-state index contributed by atoms with van der Waals surface area (Å²) < 4.78 is 1.90. The van der Waals surface area contributed by atoms with Gasteiger partial charge in [0.1, 0.15) is 0 Å². The van der Waals surface area contributed by atoms with E-state index in [4.69, 9.17) is 0 Å². The minimum atomic E-state index is 0.178. The highest BCUT2D eigenvalue weighted by molar-refractivity contribution is 5.95. The summed E-state index contributed by atoms with van der Waals surface area (Å²) in [5, 5.41) is 4.20. The van der Waals surface area contributed by atoms with E-state index >= 15 is 0 Å². The molecule has 0 radical (unpaired) electrons. The maximum atomic E-state index is 12.5. The van der Waals surface area contributed by atoms with Gasteiger partial charge in [0.05, 0.1) is 13.1 Å². The molecule has 2 aromatic rings. The first kappa shape index (κ1) is 14.8. The second-order valence-electron chi connectivity index (χ2n) is 5.94. The Kier molecular flexibility index (Phi) is 4.24. The Bertz CT molecular complexity index is 630. The zero-order chi connectivity index (χ0) is 15.5. The predicted molar refractivity (Wildman–Crippen MR) is 86.9 cm³/mol. The number of carbonyl (C=O) groups excluding carboxylic acids is 1. The number of hydrogen-bond donors (Lipinski definition) is 0. The van der Waals surface area contributed by atoms with Gasteiger partial charge in [0.25, 0.3) is 0 Å². The lowest BCUT2D eigenvalue weighted by Crippen LogP contribution is -2.51. The van der Waals surface area contributed by atoms with Crippen LogP contribution in [0.25, 0.3) is 0 Å². The fraction of sp³-hybridized carbons (Fsp3) is 0.412. The van der Waals surface area contributed by atoms with Crippen molar-refractivity contribution in [2.24, 2.45) is 0 Å². The van der Waals surface area contributed by atoms with Crippen molar-refractivity contribution in [3.05, 3.63) is 47.8 Å². The highest BCUT2D eigenvalue weighted by Gasteiger charge is 2.25. The highest BCUT2D eigenvalue weighted by Crippen LogP contribution is 2.20. The Morgan fingerprint density at radius 2 is 1.86 bits per heavy atom. The molecular formula is C17H22N4O. The first-order valence-corrected chi connectivity index (χ1v) is 7.70. The number of rotatable bonds is 4. The molecule has 5 nitrogen and oxygen atoms in total. The topological polar surface area (TPSA) is 41.4 Å². The van der Waals surface area contributed by atoms with Crippen molar-refractivity contribution in [2.45, 2.75) is 20.4 Å². The van der Waals surface area contributed by atoms with Crippen LogP contribution in [0, 0.1) is 13.8 Å². The minimum absolute atomic E-state index is 0.178. The van der Waals surface area contributed by atoms with Crippen LogP contribution in [0.3, 0.4) is 0 Å². The maximum Gasteiger partial charge on any atom is 0.241 e. The Hall–Kier alpha value is -2.14. The molecule has 0 bridgehead atoms. The first-order chi connectivity index (χ1) is 10.6. The molecule has 1 aliphatic heterocycles. The summed E-state index contributed by atoms with van der Waals surface area (Å²) in [6.07, 6.45) is 3.73. The molecule has 2 heterocycles. The van der Waals surface area contributed by atoms with Gasteiger partial charge in [0.15, 0.2) is 0 Å². The number of nitrogens with zero attached hydrogens (tertiary/aromatic N) is 4. The van der Waals surface area contributed by atoms with Gasteiger partial charge in [-0.2, -0.15) is 5.10 Å². The molecular weight excluding hydrogens is 276 g/mol. The third-order valence-corrected chi connectivity index (χ3v) is 4.02. The quantitative estimate of drug-likeness (QED) is 0.865. The lowest BCUT2D eigenvalue weighted by molar-refractivity contribution is -0.121. The summed E-state index contributed by atoms with van der Waals surface area (Å²) in [7, 11) is 0. The van der Waals surface area contributed by atoms with Crippen LogP contribution in [-0.4, -0.2) is 46.8 Å². The molecule has 5 heteroatoms. The molecule has 1 amide bonds. The number of carbonyl (C=O) groups is 1. The molecule has 0 N–H and O–H groups in total. The van der Waals surface area contributed by atoms with Crippen LogP contribution < -0.4 is 4.90 Å². The minimum Gasteiger partial charge on any atom is -0.310 e. The van der Waals surface area contributed by atoms with Crippen LogP contribution in [0.15, 0.2) is 36.7 Å². The molecule has 0 unspecified atom stereocenters. The van der Waals surface area contributed by atoms with Crippen molar-refractivity contribution in [3.8, 4) is 0 Å². The van der Waals surface area contributed by atoms with E-state index in [0.29, 0.717) is 6.54 Å². The van der Waals surface area contributed by atoms with Crippen molar-refractivity contribution < 1.29 is 4.79 Å². The number of benzene rings is 1. The SMILES string of the molecule is Cc1cc(C)cc(N2CCN(CCn3cccn3)CC2=O)c1. The van der Waals surface area contributed by atoms with Gasteiger partial charge < -0.3 is 4.90 Å². The third kappa shape index (κ3) is 3.36. The van der Waals surface area contributed by atoms with Gasteiger partial charge in [0.2, 0.25) is 5.91 Å². The molecule has 116 valence electrons. The molecule has 1 fully saturated rings. The van der Waals surface area contributed by atoms with Crippen molar-refractivity contribution in [1.82, 2.24) is 14.7 Å². The van der Waals surface area contributed by atoms with Crippen molar-refractivity contribution in [2.75, 3.05) is 31.1 Å². The molecule has 1 aromatic carbocycles. The van der Waals surface area contributed by atoms with E-state index in [1.54, 1.807) is 6.20 Å². The Morgan fingerprint density at radius 1 is 1.09 bits per heavy atom. The predicted octanol–water partition coefficient (Wildman–Crippen LogP) is 1.85. The zero-order valence-corrected chi connectivity index (χ0v) is 13.2. The average molecular weight is 298 g/mol. The number of anilines is 1. The van der Waals surface area contributed by atoms with Gasteiger partial charge in [-0.25, -0.2) is 0 Å². The molecule has 0 spiro atoms. The van der Waals surface area contributed by atoms with Gasteiger partial charge in [-0.15, -0.1) is 0 Å². The van der Waals surface area contributed by atoms with E-state index in [1.165, 1.54) is 11.1 Å². The summed E-state index contributed by atoms with van der Waals surface area (Å²) in [5.41, 5.74) is 3.42. The fourth-order valence-electron chi connectivity index (χ4n) is 2.97. The molecule has 22 heavy (non-hydrogen) atoms. The fourth-order valence-corrected chi connectivity index (χ4v) is 2.97. The van der Waals surface area contributed by atoms with Crippen molar-refractivity contribution in [3.63, 3.8) is 0 Å². The molecule has 1 aromatic heterocycles. The molecule has 0 saturated carbocycles. The summed E-state index contributed by atoms with van der Waals surface area (Å²) in [6, 6.07) is 8.23. The second kappa shape index (κ2) is 6.32. The van der Waals surface area contributed by atoms with Crippen LogP contribution in [0.4, 0.5) is 5.69 Å². The first-order valence-electron chi connectivity index (χ1n) is 7.70. The molecule has 1 aliphatic rings. The Labute approximate surface area is 131 Å². The highest BCUT2D eigenvalue weighted by atomic mass is 16.2. The van der Waals surface area contributed by atoms with Gasteiger partial charge in [-0.1, -0.05) is 6.07 Å². The van der Waals surface area contributed by atoms with E-state index in [-0.39, 0.29) is 5.91 Å². The van der Waals surface area contributed by atoms with E-state index in [9.17, 15) is 4.79 Å². The van der Waals surface area contributed by atoms with E-state index in [2.05, 4.69) is 42.0 Å². The van der Waals surface area contributed by atoms with Crippen LogP contribution in [-0.2, 0) is 11.3 Å².